The summed E-state index contributed by atoms with van der Waals surface area (Å²) in [5, 5.41) is 3.39. The maximum absolute atomic E-state index is 12.3. The first-order valence-electron chi connectivity index (χ1n) is 7.23. The lowest BCUT2D eigenvalue weighted by Crippen LogP contribution is -2.17. The van der Waals surface area contributed by atoms with Gasteiger partial charge in [0.05, 0.1) is 10.7 Å². The summed E-state index contributed by atoms with van der Waals surface area (Å²) in [4.78, 5) is 16.4. The molecule has 1 heterocycles. The van der Waals surface area contributed by atoms with E-state index in [9.17, 15) is 4.79 Å². The van der Waals surface area contributed by atoms with Crippen LogP contribution in [0.5, 0.6) is 0 Å². The van der Waals surface area contributed by atoms with Gasteiger partial charge in [0.2, 0.25) is 0 Å². The second-order valence-corrected chi connectivity index (χ2v) is 6.98. The van der Waals surface area contributed by atoms with Crippen LogP contribution in [0.2, 0.25) is 5.02 Å². The van der Waals surface area contributed by atoms with E-state index in [4.69, 9.17) is 11.6 Å². The topological polar surface area (TPSA) is 42.0 Å². The fourth-order valence-electron chi connectivity index (χ4n) is 2.42. The lowest BCUT2D eigenvalue weighted by Gasteiger charge is -2.23. The van der Waals surface area contributed by atoms with Gasteiger partial charge >= 0.3 is 0 Å². The van der Waals surface area contributed by atoms with Crippen molar-refractivity contribution in [3.63, 3.8) is 0 Å². The smallest absolute Gasteiger partial charge is 0.274 e. The molecule has 0 bridgehead atoms. The number of benzene rings is 1. The third-order valence-electron chi connectivity index (χ3n) is 3.52. The van der Waals surface area contributed by atoms with Gasteiger partial charge < -0.3 is 5.32 Å². The van der Waals surface area contributed by atoms with Crippen molar-refractivity contribution in [2.24, 2.45) is 0 Å². The van der Waals surface area contributed by atoms with E-state index in [0.717, 1.165) is 16.7 Å². The first-order chi connectivity index (χ1) is 10.2. The van der Waals surface area contributed by atoms with Gasteiger partial charge in [0.15, 0.2) is 0 Å². The van der Waals surface area contributed by atoms with Gasteiger partial charge in [0.25, 0.3) is 5.91 Å². The van der Waals surface area contributed by atoms with E-state index in [1.807, 2.05) is 32.0 Å². The second-order valence-electron chi connectivity index (χ2n) is 6.57. The zero-order valence-electron chi connectivity index (χ0n) is 13.6. The van der Waals surface area contributed by atoms with Crippen molar-refractivity contribution in [1.29, 1.82) is 0 Å². The van der Waals surface area contributed by atoms with Gasteiger partial charge in [-0.2, -0.15) is 0 Å². The number of anilines is 1. The summed E-state index contributed by atoms with van der Waals surface area (Å²) in [5.41, 5.74) is 4.24. The summed E-state index contributed by atoms with van der Waals surface area (Å²) in [6.45, 7) is 10.4. The molecule has 3 nitrogen and oxygen atoms in total. The number of amides is 1. The van der Waals surface area contributed by atoms with Crippen LogP contribution in [-0.2, 0) is 5.41 Å². The summed E-state index contributed by atoms with van der Waals surface area (Å²) in [7, 11) is 0. The Morgan fingerprint density at radius 2 is 1.86 bits per heavy atom. The Morgan fingerprint density at radius 3 is 2.45 bits per heavy atom. The number of nitrogens with one attached hydrogen (secondary N) is 1. The maximum Gasteiger partial charge on any atom is 0.274 e. The van der Waals surface area contributed by atoms with Crippen molar-refractivity contribution in [1.82, 2.24) is 4.98 Å². The number of rotatable bonds is 2. The number of pyridine rings is 1. The van der Waals surface area contributed by atoms with Crippen LogP contribution in [-0.4, -0.2) is 10.9 Å². The Hall–Kier alpha value is -1.87. The Balaban J connectivity index is 2.35. The third kappa shape index (κ3) is 3.66. The van der Waals surface area contributed by atoms with Crippen molar-refractivity contribution in [2.75, 3.05) is 5.32 Å². The van der Waals surface area contributed by atoms with E-state index < -0.39 is 0 Å². The van der Waals surface area contributed by atoms with Crippen LogP contribution in [0.3, 0.4) is 0 Å². The van der Waals surface area contributed by atoms with Crippen LogP contribution in [0.25, 0.3) is 0 Å². The average Bonchev–Trinajstić information content (AvgIpc) is 2.40. The molecule has 116 valence electrons. The first kappa shape index (κ1) is 16.5. The number of aryl methyl sites for hydroxylation is 2. The standard InChI is InChI=1S/C18H21ClN2O/c1-11-6-7-20-16(8-11)17(22)21-15-10-13(18(3,4)5)12(2)9-14(15)19/h6-10H,1-5H3,(H,21,22). The molecule has 0 radical (unpaired) electrons. The summed E-state index contributed by atoms with van der Waals surface area (Å²) < 4.78 is 0. The highest BCUT2D eigenvalue weighted by molar-refractivity contribution is 6.34. The summed E-state index contributed by atoms with van der Waals surface area (Å²) >= 11 is 6.28. The van der Waals surface area contributed by atoms with Crippen molar-refractivity contribution in [3.8, 4) is 0 Å². The molecule has 1 aromatic carbocycles. The zero-order chi connectivity index (χ0) is 16.5. The van der Waals surface area contributed by atoms with Gasteiger partial charge in [-0.3, -0.25) is 9.78 Å². The minimum absolute atomic E-state index is 0.0181. The molecule has 1 N–H and O–H groups in total. The Morgan fingerprint density at radius 1 is 1.18 bits per heavy atom. The number of hydrogen-bond acceptors (Lipinski definition) is 2. The summed E-state index contributed by atoms with van der Waals surface area (Å²) in [6.07, 6.45) is 1.63. The van der Waals surface area contributed by atoms with Crippen LogP contribution in [0, 0.1) is 13.8 Å². The van der Waals surface area contributed by atoms with Crippen LogP contribution >= 0.6 is 11.6 Å². The lowest BCUT2D eigenvalue weighted by atomic mass is 9.84. The van der Waals surface area contributed by atoms with Gasteiger partial charge in [-0.1, -0.05) is 32.4 Å². The van der Waals surface area contributed by atoms with E-state index in [1.165, 1.54) is 0 Å². The normalized spacial score (nSPS) is 11.4. The molecule has 2 rings (SSSR count). The minimum atomic E-state index is -0.255. The molecule has 0 spiro atoms. The fraction of sp³-hybridized carbons (Fsp3) is 0.333. The number of aromatic nitrogens is 1. The van der Waals surface area contributed by atoms with Crippen molar-refractivity contribution >= 4 is 23.2 Å². The van der Waals surface area contributed by atoms with Crippen LogP contribution in [0.15, 0.2) is 30.5 Å². The van der Waals surface area contributed by atoms with Gasteiger partial charge in [0, 0.05) is 6.20 Å². The van der Waals surface area contributed by atoms with Crippen LogP contribution in [0.1, 0.15) is 48.0 Å². The molecule has 0 aliphatic heterocycles. The quantitative estimate of drug-likeness (QED) is 0.856. The fourth-order valence-corrected chi connectivity index (χ4v) is 2.69. The molecule has 0 fully saturated rings. The van der Waals surface area contributed by atoms with Crippen LogP contribution < -0.4 is 5.32 Å². The van der Waals surface area contributed by atoms with E-state index in [0.29, 0.717) is 16.4 Å². The summed E-state index contributed by atoms with van der Waals surface area (Å²) in [6, 6.07) is 7.45. The molecule has 1 amide bonds. The lowest BCUT2D eigenvalue weighted by molar-refractivity contribution is 0.102. The van der Waals surface area contributed by atoms with Gasteiger partial charge in [-0.15, -0.1) is 0 Å². The predicted molar refractivity (Wildman–Crippen MR) is 91.8 cm³/mol. The third-order valence-corrected chi connectivity index (χ3v) is 3.83. The SMILES string of the molecule is Cc1ccnc(C(=O)Nc2cc(C(C)(C)C)c(C)cc2Cl)c1. The Bertz CT molecular complexity index is 718. The number of nitrogens with zero attached hydrogens (tertiary/aromatic N) is 1. The van der Waals surface area contributed by atoms with Gasteiger partial charge in [-0.25, -0.2) is 0 Å². The molecule has 0 unspecified atom stereocenters. The molecule has 4 heteroatoms. The molecule has 0 atom stereocenters. The molecule has 2 aromatic rings. The number of halogens is 1. The molecular weight excluding hydrogens is 296 g/mol. The van der Waals surface area contributed by atoms with Crippen molar-refractivity contribution in [3.05, 3.63) is 57.9 Å². The highest BCUT2D eigenvalue weighted by Crippen LogP contribution is 2.33. The van der Waals surface area contributed by atoms with Gasteiger partial charge in [0.1, 0.15) is 5.69 Å². The van der Waals surface area contributed by atoms with E-state index in [1.54, 1.807) is 12.3 Å². The first-order valence-corrected chi connectivity index (χ1v) is 7.61. The number of carbonyl (C=O) groups excluding carboxylic acids is 1. The molecule has 0 aliphatic carbocycles. The Labute approximate surface area is 136 Å². The van der Waals surface area contributed by atoms with E-state index in [-0.39, 0.29) is 11.3 Å². The second kappa shape index (κ2) is 6.09. The molecule has 0 aliphatic rings. The average molecular weight is 317 g/mol. The summed E-state index contributed by atoms with van der Waals surface area (Å²) in [5.74, 6) is -0.255. The molecular formula is C18H21ClN2O. The largest absolute Gasteiger partial charge is 0.319 e. The highest BCUT2D eigenvalue weighted by atomic mass is 35.5. The molecule has 0 saturated heterocycles. The predicted octanol–water partition coefficient (Wildman–Crippen LogP) is 4.90. The number of carbonyl (C=O) groups is 1. The highest BCUT2D eigenvalue weighted by Gasteiger charge is 2.19. The molecule has 1 aromatic heterocycles. The monoisotopic (exact) mass is 316 g/mol. The molecule has 0 saturated carbocycles. The van der Waals surface area contributed by atoms with Crippen molar-refractivity contribution in [2.45, 2.75) is 40.0 Å². The van der Waals surface area contributed by atoms with E-state index in [2.05, 4.69) is 31.1 Å². The van der Waals surface area contributed by atoms with Crippen LogP contribution in [0.4, 0.5) is 5.69 Å². The maximum atomic E-state index is 12.3. The zero-order valence-corrected chi connectivity index (χ0v) is 14.4. The Kier molecular flexibility index (Phi) is 4.57. The number of hydrogen-bond donors (Lipinski definition) is 1. The minimum Gasteiger partial charge on any atom is -0.319 e. The van der Waals surface area contributed by atoms with E-state index >= 15 is 0 Å². The van der Waals surface area contributed by atoms with Gasteiger partial charge in [-0.05, 0) is 60.2 Å². The molecule has 22 heavy (non-hydrogen) atoms. The van der Waals surface area contributed by atoms with Crippen molar-refractivity contribution < 1.29 is 4.79 Å².